The van der Waals surface area contributed by atoms with E-state index in [0.717, 1.165) is 32.0 Å². The van der Waals surface area contributed by atoms with Crippen LogP contribution in [0.4, 0.5) is 0 Å². The Morgan fingerprint density at radius 3 is 2.12 bits per heavy atom. The van der Waals surface area contributed by atoms with Crippen LogP contribution in [0.2, 0.25) is 0 Å². The number of ether oxygens (including phenoxy) is 4. The lowest BCUT2D eigenvalue weighted by Crippen LogP contribution is -2.49. The lowest BCUT2D eigenvalue weighted by Gasteiger charge is -2.58. The summed E-state index contributed by atoms with van der Waals surface area (Å²) in [5, 5.41) is 0. The molecule has 0 N–H and O–H groups in total. The molecule has 6 rings (SSSR count). The fourth-order valence-electron chi connectivity index (χ4n) is 12.5. The van der Waals surface area contributed by atoms with E-state index in [1.165, 1.54) is 76.4 Å². The van der Waals surface area contributed by atoms with E-state index in [0.29, 0.717) is 46.5 Å². The largest absolute Gasteiger partial charge is 0.435 e. The predicted molar refractivity (Wildman–Crippen MR) is 193 cm³/mol. The van der Waals surface area contributed by atoms with Gasteiger partial charge in [-0.1, -0.05) is 77.8 Å². The minimum atomic E-state index is -0.928. The second kappa shape index (κ2) is 14.3. The molecular formula is C43H64O7. The molecule has 0 radical (unpaired) electrons. The minimum absolute atomic E-state index is 0.159. The van der Waals surface area contributed by atoms with Crippen LogP contribution < -0.4 is 0 Å². The van der Waals surface area contributed by atoms with E-state index >= 15 is 0 Å². The Morgan fingerprint density at radius 2 is 1.46 bits per heavy atom. The van der Waals surface area contributed by atoms with Crippen LogP contribution in [0.15, 0.2) is 36.0 Å². The van der Waals surface area contributed by atoms with Gasteiger partial charge in [0.15, 0.2) is 0 Å². The Bertz CT molecular complexity index is 1370. The number of rotatable bonds is 9. The van der Waals surface area contributed by atoms with Gasteiger partial charge in [0, 0.05) is 20.3 Å². The summed E-state index contributed by atoms with van der Waals surface area (Å²) < 4.78 is 24.7. The van der Waals surface area contributed by atoms with Crippen LogP contribution in [-0.2, 0) is 33.3 Å². The van der Waals surface area contributed by atoms with E-state index in [4.69, 9.17) is 18.9 Å². The molecule has 12 unspecified atom stereocenters. The van der Waals surface area contributed by atoms with Crippen molar-refractivity contribution in [3.05, 3.63) is 36.0 Å². The number of carbonyl (C=O) groups is 3. The summed E-state index contributed by atoms with van der Waals surface area (Å²) in [6.07, 6.45) is 14.2. The monoisotopic (exact) mass is 692 g/mol. The Morgan fingerprint density at radius 1 is 0.820 bits per heavy atom. The average molecular weight is 693 g/mol. The molecule has 2 aliphatic heterocycles. The first-order valence-electron chi connectivity index (χ1n) is 19.7. The molecular weight excluding hydrogens is 628 g/mol. The van der Waals surface area contributed by atoms with Gasteiger partial charge in [0.1, 0.15) is 6.29 Å². The van der Waals surface area contributed by atoms with Crippen molar-refractivity contribution in [1.82, 2.24) is 0 Å². The molecule has 12 atom stereocenters. The number of fused-ring (bicyclic) bond motifs is 3. The summed E-state index contributed by atoms with van der Waals surface area (Å²) in [6, 6.07) is 0. The Labute approximate surface area is 301 Å². The molecule has 2 saturated heterocycles. The maximum absolute atomic E-state index is 12.8. The number of allylic oxidation sites excluding steroid dienone is 3. The number of carbonyl (C=O) groups excluding carboxylic acids is 3. The molecule has 50 heavy (non-hydrogen) atoms. The van der Waals surface area contributed by atoms with E-state index in [-0.39, 0.29) is 29.3 Å². The van der Waals surface area contributed by atoms with Crippen molar-refractivity contribution in [3.8, 4) is 0 Å². The highest BCUT2D eigenvalue weighted by molar-refractivity contribution is 5.73. The molecule has 6 fully saturated rings. The molecule has 2 heterocycles. The van der Waals surface area contributed by atoms with Gasteiger partial charge < -0.3 is 18.9 Å². The predicted octanol–water partition coefficient (Wildman–Crippen LogP) is 9.30. The number of esters is 2. The van der Waals surface area contributed by atoms with Gasteiger partial charge in [-0.15, -0.1) is 0 Å². The van der Waals surface area contributed by atoms with E-state index < -0.39 is 30.6 Å². The molecule has 6 aliphatic rings. The van der Waals surface area contributed by atoms with Gasteiger partial charge in [0.05, 0.1) is 24.0 Å². The maximum atomic E-state index is 12.8. The van der Waals surface area contributed by atoms with E-state index in [1.807, 2.05) is 0 Å². The average Bonchev–Trinajstić information content (AvgIpc) is 3.54. The van der Waals surface area contributed by atoms with Gasteiger partial charge in [-0.3, -0.25) is 14.4 Å². The number of hydrogen-bond donors (Lipinski definition) is 0. The Hall–Kier alpha value is -2.25. The molecule has 7 nitrogen and oxygen atoms in total. The highest BCUT2D eigenvalue weighted by atomic mass is 16.8. The number of aldehydes is 1. The molecule has 4 saturated carbocycles. The molecule has 0 aromatic carbocycles. The normalized spacial score (nSPS) is 42.2. The highest BCUT2D eigenvalue weighted by Crippen LogP contribution is 2.62. The molecule has 7 heteroatoms. The standard InChI is InChI=1S/C43H64O7/c1-25-13-16-33-30(12-10-19-41(33,5)6)31(25)23-35-38-37(39(47-27(3)45)50-40(38)48-28(4)46)34(49-35)22-29(24-44)15-17-32-26(2)14-18-36-42(7,8)20-11-21-43(32,36)9/h15,24,30-40H,1-2,10-14,16-23H2,3-9H3. The molecule has 278 valence electrons. The topological polar surface area (TPSA) is 88.1 Å². The van der Waals surface area contributed by atoms with Crippen LogP contribution in [0.25, 0.3) is 0 Å². The Balaban J connectivity index is 1.27. The summed E-state index contributed by atoms with van der Waals surface area (Å²) in [5.74, 6) is 0.789. The second-order valence-electron chi connectivity index (χ2n) is 18.6. The minimum Gasteiger partial charge on any atom is -0.435 e. The van der Waals surface area contributed by atoms with Gasteiger partial charge in [-0.05, 0) is 116 Å². The van der Waals surface area contributed by atoms with Crippen molar-refractivity contribution >= 4 is 18.2 Å². The van der Waals surface area contributed by atoms with Crippen molar-refractivity contribution in [2.24, 2.45) is 57.7 Å². The first kappa shape index (κ1) is 37.5. The van der Waals surface area contributed by atoms with Crippen LogP contribution in [0, 0.1) is 57.7 Å². The van der Waals surface area contributed by atoms with Gasteiger partial charge in [-0.2, -0.15) is 0 Å². The van der Waals surface area contributed by atoms with Crippen molar-refractivity contribution in [1.29, 1.82) is 0 Å². The molecule has 0 spiro atoms. The Kier molecular flexibility index (Phi) is 10.7. The lowest BCUT2D eigenvalue weighted by molar-refractivity contribution is -0.227. The zero-order valence-corrected chi connectivity index (χ0v) is 32.0. The van der Waals surface area contributed by atoms with Gasteiger partial charge in [0.25, 0.3) is 0 Å². The summed E-state index contributed by atoms with van der Waals surface area (Å²) in [7, 11) is 0. The van der Waals surface area contributed by atoms with Gasteiger partial charge in [-0.25, -0.2) is 0 Å². The fourth-order valence-corrected chi connectivity index (χ4v) is 12.5. The zero-order chi connectivity index (χ0) is 36.2. The van der Waals surface area contributed by atoms with Crippen molar-refractivity contribution in [2.45, 2.75) is 157 Å². The van der Waals surface area contributed by atoms with Crippen LogP contribution in [0.1, 0.15) is 132 Å². The van der Waals surface area contributed by atoms with Gasteiger partial charge in [0.2, 0.25) is 12.6 Å². The fraction of sp³-hybridized carbons (Fsp3) is 0.791. The van der Waals surface area contributed by atoms with Gasteiger partial charge >= 0.3 is 11.9 Å². The first-order chi connectivity index (χ1) is 23.6. The summed E-state index contributed by atoms with van der Waals surface area (Å²) >= 11 is 0. The van der Waals surface area contributed by atoms with Crippen LogP contribution in [0.3, 0.4) is 0 Å². The number of hydrogen-bond acceptors (Lipinski definition) is 7. The smallest absolute Gasteiger partial charge is 0.304 e. The molecule has 0 bridgehead atoms. The van der Waals surface area contributed by atoms with Crippen LogP contribution in [-0.4, -0.2) is 43.0 Å². The SMILES string of the molecule is C=C1CCC2C(CCCC2(C)C)C1CC1OC(CC(C=O)=CCC2C(=C)CCC3C(C)(C)CCCC23C)C2C(OC(C)=O)OC(OC(C)=O)C12. The van der Waals surface area contributed by atoms with Crippen molar-refractivity contribution in [3.63, 3.8) is 0 Å². The van der Waals surface area contributed by atoms with Crippen molar-refractivity contribution in [2.75, 3.05) is 0 Å². The molecule has 4 aliphatic carbocycles. The van der Waals surface area contributed by atoms with Crippen LogP contribution in [0.5, 0.6) is 0 Å². The second-order valence-corrected chi connectivity index (χ2v) is 18.6. The van der Waals surface area contributed by atoms with E-state index in [9.17, 15) is 14.4 Å². The maximum Gasteiger partial charge on any atom is 0.304 e. The quantitative estimate of drug-likeness (QED) is 0.103. The van der Waals surface area contributed by atoms with Crippen LogP contribution >= 0.6 is 0 Å². The van der Waals surface area contributed by atoms with E-state index in [2.05, 4.69) is 53.9 Å². The van der Waals surface area contributed by atoms with Crippen molar-refractivity contribution < 1.29 is 33.3 Å². The summed E-state index contributed by atoms with van der Waals surface area (Å²) in [6.45, 7) is 24.0. The lowest BCUT2D eigenvalue weighted by atomic mass is 9.47. The third-order valence-electron chi connectivity index (χ3n) is 14.8. The molecule has 0 aromatic heterocycles. The van der Waals surface area contributed by atoms with E-state index in [1.54, 1.807) is 0 Å². The highest BCUT2D eigenvalue weighted by Gasteiger charge is 2.61. The summed E-state index contributed by atoms with van der Waals surface area (Å²) in [5.41, 5.74) is 4.03. The first-order valence-corrected chi connectivity index (χ1v) is 19.7. The third-order valence-corrected chi connectivity index (χ3v) is 14.8. The third kappa shape index (κ3) is 7.08. The zero-order valence-electron chi connectivity index (χ0n) is 32.0. The summed E-state index contributed by atoms with van der Waals surface area (Å²) in [4.78, 5) is 37.4. The molecule has 0 aromatic rings. The molecule has 0 amide bonds.